The summed E-state index contributed by atoms with van der Waals surface area (Å²) in [4.78, 5) is 36.4. The Morgan fingerprint density at radius 1 is 1.40 bits per heavy atom. The van der Waals surface area contributed by atoms with Crippen LogP contribution in [-0.2, 0) is 20.9 Å². The molecule has 0 spiro atoms. The zero-order valence-corrected chi connectivity index (χ0v) is 11.2. The number of hydrogen-bond acceptors (Lipinski definition) is 4. The van der Waals surface area contributed by atoms with Crippen molar-refractivity contribution in [2.45, 2.75) is 25.4 Å². The number of ether oxygens (including phenoxy) is 1. The fourth-order valence-electron chi connectivity index (χ4n) is 2.34. The van der Waals surface area contributed by atoms with Gasteiger partial charge in [0.2, 0.25) is 5.91 Å². The number of amides is 2. The molecular formula is C14H16N2O4. The van der Waals surface area contributed by atoms with Gasteiger partial charge < -0.3 is 15.4 Å². The Hall–Kier alpha value is -2.37. The molecule has 6 nitrogen and oxygen atoms in total. The fraction of sp³-hybridized carbons (Fsp3) is 0.357. The van der Waals surface area contributed by atoms with Gasteiger partial charge in [-0.2, -0.15) is 0 Å². The predicted octanol–water partition coefficient (Wildman–Crippen LogP) is 0.449. The van der Waals surface area contributed by atoms with E-state index in [0.29, 0.717) is 12.1 Å². The number of methoxy groups -OCH3 is 1. The van der Waals surface area contributed by atoms with E-state index in [1.165, 1.54) is 12.0 Å². The van der Waals surface area contributed by atoms with Crippen LogP contribution in [0.5, 0.6) is 0 Å². The Labute approximate surface area is 116 Å². The lowest BCUT2D eigenvalue weighted by molar-refractivity contribution is -0.141. The monoisotopic (exact) mass is 276 g/mol. The number of esters is 1. The molecule has 6 heteroatoms. The zero-order chi connectivity index (χ0) is 14.7. The number of nitrogens with zero attached hydrogens (tertiary/aromatic N) is 1. The topological polar surface area (TPSA) is 89.7 Å². The summed E-state index contributed by atoms with van der Waals surface area (Å²) in [5.41, 5.74) is 6.80. The van der Waals surface area contributed by atoms with Crippen LogP contribution in [0.1, 0.15) is 28.8 Å². The Kier molecular flexibility index (Phi) is 4.02. The van der Waals surface area contributed by atoms with E-state index >= 15 is 0 Å². The van der Waals surface area contributed by atoms with Crippen molar-refractivity contribution in [3.05, 3.63) is 35.4 Å². The van der Waals surface area contributed by atoms with E-state index in [1.807, 2.05) is 12.1 Å². The molecule has 0 aromatic heterocycles. The van der Waals surface area contributed by atoms with Crippen LogP contribution in [0.2, 0.25) is 0 Å². The van der Waals surface area contributed by atoms with Crippen LogP contribution in [-0.4, -0.2) is 35.8 Å². The average Bonchev–Trinajstić information content (AvgIpc) is 2.76. The summed E-state index contributed by atoms with van der Waals surface area (Å²) < 4.78 is 4.54. The molecule has 1 aliphatic rings. The third-order valence-corrected chi connectivity index (χ3v) is 3.40. The Bertz CT molecular complexity index is 556. The smallest absolute Gasteiger partial charge is 0.305 e. The molecule has 1 aliphatic heterocycles. The first kappa shape index (κ1) is 14.0. The van der Waals surface area contributed by atoms with Crippen LogP contribution in [0.4, 0.5) is 0 Å². The summed E-state index contributed by atoms with van der Waals surface area (Å²) >= 11 is 0. The number of hydrogen-bond donors (Lipinski definition) is 1. The van der Waals surface area contributed by atoms with Gasteiger partial charge in [-0.05, 0) is 18.1 Å². The molecule has 1 atom stereocenters. The maximum Gasteiger partial charge on any atom is 0.305 e. The molecule has 0 fully saturated rings. The van der Waals surface area contributed by atoms with Crippen LogP contribution in [0.15, 0.2) is 24.3 Å². The minimum atomic E-state index is -0.797. The molecule has 1 aromatic carbocycles. The largest absolute Gasteiger partial charge is 0.469 e. The van der Waals surface area contributed by atoms with Crippen molar-refractivity contribution < 1.29 is 19.1 Å². The first-order valence-corrected chi connectivity index (χ1v) is 6.29. The molecule has 0 radical (unpaired) electrons. The molecule has 2 amide bonds. The second kappa shape index (κ2) is 5.73. The lowest BCUT2D eigenvalue weighted by Gasteiger charge is -2.24. The zero-order valence-electron chi connectivity index (χ0n) is 11.2. The van der Waals surface area contributed by atoms with Crippen molar-refractivity contribution in [3.63, 3.8) is 0 Å². The number of carbonyl (C=O) groups is 3. The second-order valence-corrected chi connectivity index (χ2v) is 4.62. The number of fused-ring (bicyclic) bond motifs is 1. The number of benzene rings is 1. The molecule has 0 saturated heterocycles. The quantitative estimate of drug-likeness (QED) is 0.791. The lowest BCUT2D eigenvalue weighted by atomic mass is 10.1. The highest BCUT2D eigenvalue weighted by Crippen LogP contribution is 2.25. The summed E-state index contributed by atoms with van der Waals surface area (Å²) in [6, 6.07) is 6.37. The van der Waals surface area contributed by atoms with Crippen molar-refractivity contribution in [2.24, 2.45) is 5.73 Å². The van der Waals surface area contributed by atoms with Crippen molar-refractivity contribution >= 4 is 17.8 Å². The molecule has 2 rings (SSSR count). The highest BCUT2D eigenvalue weighted by atomic mass is 16.5. The van der Waals surface area contributed by atoms with Gasteiger partial charge in [0.15, 0.2) is 0 Å². The van der Waals surface area contributed by atoms with Crippen LogP contribution in [0.25, 0.3) is 0 Å². The summed E-state index contributed by atoms with van der Waals surface area (Å²) in [7, 11) is 1.28. The second-order valence-electron chi connectivity index (χ2n) is 4.62. The molecule has 1 aromatic rings. The number of primary amides is 1. The number of nitrogens with two attached hydrogens (primary N) is 1. The molecule has 0 saturated carbocycles. The van der Waals surface area contributed by atoms with Gasteiger partial charge in [0.05, 0.1) is 7.11 Å². The van der Waals surface area contributed by atoms with Gasteiger partial charge in [0.1, 0.15) is 6.04 Å². The number of carbonyl (C=O) groups excluding carboxylic acids is 3. The van der Waals surface area contributed by atoms with Crippen molar-refractivity contribution in [1.29, 1.82) is 0 Å². The molecule has 20 heavy (non-hydrogen) atoms. The maximum absolute atomic E-state index is 12.3. The van der Waals surface area contributed by atoms with Gasteiger partial charge in [-0.3, -0.25) is 14.4 Å². The van der Waals surface area contributed by atoms with E-state index < -0.39 is 17.9 Å². The standard InChI is InChI=1S/C14H16N2O4/c1-20-12(17)7-6-11(13(15)18)16-8-9-4-2-3-5-10(9)14(16)19/h2-5,11H,6-8H2,1H3,(H2,15,18). The van der Waals surface area contributed by atoms with E-state index in [-0.39, 0.29) is 18.7 Å². The van der Waals surface area contributed by atoms with E-state index in [9.17, 15) is 14.4 Å². The van der Waals surface area contributed by atoms with Gasteiger partial charge >= 0.3 is 5.97 Å². The van der Waals surface area contributed by atoms with E-state index in [4.69, 9.17) is 5.73 Å². The Morgan fingerprint density at radius 2 is 2.10 bits per heavy atom. The highest BCUT2D eigenvalue weighted by Gasteiger charge is 2.35. The maximum atomic E-state index is 12.3. The van der Waals surface area contributed by atoms with Crippen molar-refractivity contribution in [1.82, 2.24) is 4.90 Å². The third-order valence-electron chi connectivity index (χ3n) is 3.40. The van der Waals surface area contributed by atoms with Crippen molar-refractivity contribution in [2.75, 3.05) is 7.11 Å². The first-order chi connectivity index (χ1) is 9.54. The van der Waals surface area contributed by atoms with Gasteiger partial charge in [0, 0.05) is 18.5 Å². The molecule has 1 unspecified atom stereocenters. The summed E-state index contributed by atoms with van der Waals surface area (Å²) in [5, 5.41) is 0. The first-order valence-electron chi connectivity index (χ1n) is 6.29. The Morgan fingerprint density at radius 3 is 2.70 bits per heavy atom. The third kappa shape index (κ3) is 2.64. The average molecular weight is 276 g/mol. The van der Waals surface area contributed by atoms with Crippen molar-refractivity contribution in [3.8, 4) is 0 Å². The van der Waals surface area contributed by atoms with E-state index in [1.54, 1.807) is 12.1 Å². The minimum absolute atomic E-state index is 0.0459. The summed E-state index contributed by atoms with van der Waals surface area (Å²) in [6.07, 6.45) is 0.214. The summed E-state index contributed by atoms with van der Waals surface area (Å²) in [5.74, 6) is -1.27. The minimum Gasteiger partial charge on any atom is -0.469 e. The highest BCUT2D eigenvalue weighted by molar-refractivity contribution is 6.01. The molecule has 1 heterocycles. The molecule has 2 N–H and O–H groups in total. The molecule has 0 aliphatic carbocycles. The molecular weight excluding hydrogens is 260 g/mol. The number of rotatable bonds is 5. The predicted molar refractivity (Wildman–Crippen MR) is 70.5 cm³/mol. The van der Waals surface area contributed by atoms with E-state index in [0.717, 1.165) is 5.56 Å². The van der Waals surface area contributed by atoms with E-state index in [2.05, 4.69) is 4.74 Å². The normalized spacial score (nSPS) is 14.8. The lowest BCUT2D eigenvalue weighted by Crippen LogP contribution is -2.45. The molecule has 106 valence electrons. The van der Waals surface area contributed by atoms with Gasteiger partial charge in [-0.15, -0.1) is 0 Å². The van der Waals surface area contributed by atoms with Crippen LogP contribution < -0.4 is 5.73 Å². The van der Waals surface area contributed by atoms with Crippen LogP contribution >= 0.6 is 0 Å². The Balaban J connectivity index is 2.14. The van der Waals surface area contributed by atoms with Crippen LogP contribution in [0.3, 0.4) is 0 Å². The SMILES string of the molecule is COC(=O)CCC(C(N)=O)N1Cc2ccccc2C1=O. The fourth-order valence-corrected chi connectivity index (χ4v) is 2.34. The van der Waals surface area contributed by atoms with Crippen LogP contribution in [0, 0.1) is 0 Å². The van der Waals surface area contributed by atoms with Gasteiger partial charge in [-0.25, -0.2) is 0 Å². The van der Waals surface area contributed by atoms with Gasteiger partial charge in [-0.1, -0.05) is 18.2 Å². The summed E-state index contributed by atoms with van der Waals surface area (Å²) in [6.45, 7) is 0.337. The molecule has 0 bridgehead atoms. The van der Waals surface area contributed by atoms with Gasteiger partial charge in [0.25, 0.3) is 5.91 Å².